The zero-order chi connectivity index (χ0) is 22.0. The molecule has 0 fully saturated rings. The van der Waals surface area contributed by atoms with Crippen LogP contribution >= 0.6 is 11.8 Å². The van der Waals surface area contributed by atoms with E-state index in [0.29, 0.717) is 18.3 Å². The van der Waals surface area contributed by atoms with Crippen LogP contribution < -0.4 is 5.32 Å². The fourth-order valence-corrected chi connectivity index (χ4v) is 4.15. The molecule has 0 spiro atoms. The van der Waals surface area contributed by atoms with Crippen LogP contribution in [0, 0.1) is 20.8 Å². The lowest BCUT2D eigenvalue weighted by Gasteiger charge is -2.09. The van der Waals surface area contributed by atoms with Crippen LogP contribution in [-0.2, 0) is 11.3 Å². The molecular weight excluding hydrogens is 410 g/mol. The first-order valence-electron chi connectivity index (χ1n) is 9.82. The lowest BCUT2D eigenvalue weighted by molar-refractivity contribution is -0.113. The number of carbonyl (C=O) groups excluding carboxylic acids is 1. The molecule has 3 aromatic heterocycles. The minimum absolute atomic E-state index is 0.160. The van der Waals surface area contributed by atoms with Crippen LogP contribution in [0.3, 0.4) is 0 Å². The second kappa shape index (κ2) is 8.73. The third-order valence-corrected chi connectivity index (χ3v) is 5.50. The number of anilines is 1. The minimum Gasteiger partial charge on any atom is -0.315 e. The molecule has 8 nitrogen and oxygen atoms in total. The number of nitrogens with zero attached hydrogens (tertiary/aromatic N) is 6. The summed E-state index contributed by atoms with van der Waals surface area (Å²) in [6.07, 6.45) is 1.82. The van der Waals surface area contributed by atoms with E-state index in [1.807, 2.05) is 57.2 Å². The molecule has 0 saturated carbocycles. The summed E-state index contributed by atoms with van der Waals surface area (Å²) < 4.78 is 3.61. The normalized spacial score (nSPS) is 11.1. The van der Waals surface area contributed by atoms with Gasteiger partial charge in [0, 0.05) is 24.0 Å². The van der Waals surface area contributed by atoms with Crippen LogP contribution in [0.25, 0.3) is 17.0 Å². The fourth-order valence-electron chi connectivity index (χ4n) is 3.32. The van der Waals surface area contributed by atoms with Gasteiger partial charge in [0.15, 0.2) is 5.16 Å². The average Bonchev–Trinajstić information content (AvgIpc) is 3.26. The zero-order valence-electron chi connectivity index (χ0n) is 17.7. The molecule has 0 bridgehead atoms. The molecule has 31 heavy (non-hydrogen) atoms. The Kier molecular flexibility index (Phi) is 5.85. The van der Waals surface area contributed by atoms with E-state index in [2.05, 4.69) is 36.5 Å². The molecule has 0 aliphatic heterocycles. The first kappa shape index (κ1) is 20.8. The van der Waals surface area contributed by atoms with Crippen LogP contribution in [0.5, 0.6) is 0 Å². The molecule has 1 aromatic carbocycles. The third-order valence-electron chi connectivity index (χ3n) is 4.52. The van der Waals surface area contributed by atoms with Gasteiger partial charge in [0.2, 0.25) is 5.91 Å². The molecule has 0 unspecified atom stereocenters. The first-order valence-corrected chi connectivity index (χ1v) is 10.8. The van der Waals surface area contributed by atoms with Gasteiger partial charge in [-0.05, 0) is 39.0 Å². The fraction of sp³-hybridized carbons (Fsp3) is 0.227. The summed E-state index contributed by atoms with van der Waals surface area (Å²) >= 11 is 1.38. The van der Waals surface area contributed by atoms with Gasteiger partial charge in [0.25, 0.3) is 5.95 Å². The number of carbonyl (C=O) groups is 1. The number of aryl methyl sites for hydroxylation is 3. The van der Waals surface area contributed by atoms with Gasteiger partial charge in [0.1, 0.15) is 5.82 Å². The maximum atomic E-state index is 12.7. The van der Waals surface area contributed by atoms with Gasteiger partial charge in [-0.1, -0.05) is 30.0 Å². The average molecular weight is 434 g/mol. The number of para-hydroxylation sites is 2. The minimum atomic E-state index is -0.160. The van der Waals surface area contributed by atoms with E-state index < -0.39 is 0 Å². The number of allylic oxidation sites excluding steroid dienone is 1. The molecule has 9 heteroatoms. The van der Waals surface area contributed by atoms with Crippen molar-refractivity contribution in [1.29, 1.82) is 0 Å². The number of hydrogen-bond acceptors (Lipinski definition) is 6. The number of thioether (sulfide) groups is 1. The Morgan fingerprint density at radius 2 is 1.84 bits per heavy atom. The molecule has 0 radical (unpaired) electrons. The van der Waals surface area contributed by atoms with Crippen LogP contribution in [0.1, 0.15) is 17.1 Å². The van der Waals surface area contributed by atoms with Crippen molar-refractivity contribution in [3.8, 4) is 5.95 Å². The summed E-state index contributed by atoms with van der Waals surface area (Å²) in [4.78, 5) is 26.3. The summed E-state index contributed by atoms with van der Waals surface area (Å²) in [5.74, 6) is 1.01. The topological polar surface area (TPSA) is 90.5 Å². The van der Waals surface area contributed by atoms with E-state index in [-0.39, 0.29) is 11.7 Å². The second-order valence-electron chi connectivity index (χ2n) is 7.15. The van der Waals surface area contributed by atoms with Crippen molar-refractivity contribution in [2.45, 2.75) is 32.5 Å². The van der Waals surface area contributed by atoms with E-state index in [0.717, 1.165) is 33.3 Å². The van der Waals surface area contributed by atoms with Crippen LogP contribution in [0.4, 0.5) is 5.82 Å². The lowest BCUT2D eigenvalue weighted by Crippen LogP contribution is -2.18. The Balaban J connectivity index is 1.52. The monoisotopic (exact) mass is 433 g/mol. The van der Waals surface area contributed by atoms with Crippen molar-refractivity contribution in [3.63, 3.8) is 0 Å². The van der Waals surface area contributed by atoms with Gasteiger partial charge in [0.05, 0.1) is 22.5 Å². The van der Waals surface area contributed by atoms with Crippen molar-refractivity contribution in [2.75, 3.05) is 11.1 Å². The Bertz CT molecular complexity index is 1250. The number of imidazole rings is 1. The lowest BCUT2D eigenvalue weighted by atomic mass is 10.3. The van der Waals surface area contributed by atoms with E-state index in [9.17, 15) is 4.79 Å². The van der Waals surface area contributed by atoms with Gasteiger partial charge < -0.3 is 9.88 Å². The van der Waals surface area contributed by atoms with Gasteiger partial charge in [-0.25, -0.2) is 15.0 Å². The van der Waals surface area contributed by atoms with Crippen LogP contribution in [0.2, 0.25) is 0 Å². The van der Waals surface area contributed by atoms with Crippen molar-refractivity contribution in [3.05, 3.63) is 66.1 Å². The Morgan fingerprint density at radius 3 is 2.58 bits per heavy atom. The predicted octanol–water partition coefficient (Wildman–Crippen LogP) is 3.85. The smallest absolute Gasteiger partial charge is 0.252 e. The van der Waals surface area contributed by atoms with Gasteiger partial charge >= 0.3 is 0 Å². The Morgan fingerprint density at radius 1 is 1.10 bits per heavy atom. The highest BCUT2D eigenvalue weighted by atomic mass is 32.2. The van der Waals surface area contributed by atoms with E-state index in [4.69, 9.17) is 0 Å². The molecule has 158 valence electrons. The van der Waals surface area contributed by atoms with E-state index in [1.54, 1.807) is 10.7 Å². The highest BCUT2D eigenvalue weighted by molar-refractivity contribution is 7.99. The maximum Gasteiger partial charge on any atom is 0.252 e. The largest absolute Gasteiger partial charge is 0.315 e. The van der Waals surface area contributed by atoms with Gasteiger partial charge in [-0.3, -0.25) is 4.79 Å². The van der Waals surface area contributed by atoms with E-state index in [1.165, 1.54) is 11.8 Å². The first-order chi connectivity index (χ1) is 14.9. The SMILES string of the molecule is C=CCn1c(SCC(=O)Nc2cc(C)nn2-c2nc(C)cc(C)n2)nc2ccccc21. The number of nitrogens with one attached hydrogen (secondary N) is 1. The summed E-state index contributed by atoms with van der Waals surface area (Å²) in [6.45, 7) is 10.1. The molecule has 0 aliphatic rings. The molecule has 0 atom stereocenters. The summed E-state index contributed by atoms with van der Waals surface area (Å²) in [5, 5.41) is 8.15. The molecule has 4 aromatic rings. The number of benzene rings is 1. The van der Waals surface area contributed by atoms with Crippen molar-refractivity contribution < 1.29 is 4.79 Å². The Labute approximate surface area is 184 Å². The zero-order valence-corrected chi connectivity index (χ0v) is 18.5. The molecule has 1 amide bonds. The number of fused-ring (bicyclic) bond motifs is 1. The number of rotatable bonds is 7. The van der Waals surface area contributed by atoms with Gasteiger partial charge in [-0.15, -0.1) is 6.58 Å². The molecule has 0 saturated heterocycles. The standard InChI is InChI=1S/C22H23N7OS/c1-5-10-28-18-9-7-6-8-17(18)25-22(28)31-13-20(30)26-19-12-16(4)27-29(19)21-23-14(2)11-15(3)24-21/h5-9,11-12H,1,10,13H2,2-4H3,(H,26,30). The quantitative estimate of drug-likeness (QED) is 0.352. The summed E-state index contributed by atoms with van der Waals surface area (Å²) in [6, 6.07) is 11.6. The van der Waals surface area contributed by atoms with Gasteiger partial charge in [-0.2, -0.15) is 9.78 Å². The predicted molar refractivity (Wildman–Crippen MR) is 123 cm³/mol. The molecule has 4 rings (SSSR count). The highest BCUT2D eigenvalue weighted by Gasteiger charge is 2.16. The number of aromatic nitrogens is 6. The van der Waals surface area contributed by atoms with E-state index >= 15 is 0 Å². The number of amides is 1. The molecule has 3 heterocycles. The van der Waals surface area contributed by atoms with Crippen LogP contribution in [-0.4, -0.2) is 41.0 Å². The summed E-state index contributed by atoms with van der Waals surface area (Å²) in [5.41, 5.74) is 4.35. The maximum absolute atomic E-state index is 12.7. The number of hydrogen-bond donors (Lipinski definition) is 1. The molecular formula is C22H23N7OS. The highest BCUT2D eigenvalue weighted by Crippen LogP contribution is 2.24. The van der Waals surface area contributed by atoms with Crippen molar-refractivity contribution >= 4 is 34.5 Å². The molecule has 0 aliphatic carbocycles. The second-order valence-corrected chi connectivity index (χ2v) is 8.10. The van der Waals surface area contributed by atoms with Crippen molar-refractivity contribution in [1.82, 2.24) is 29.3 Å². The third kappa shape index (κ3) is 4.51. The van der Waals surface area contributed by atoms with Crippen LogP contribution in [0.15, 0.2) is 54.2 Å². The Hall–Kier alpha value is -3.46. The summed E-state index contributed by atoms with van der Waals surface area (Å²) in [7, 11) is 0. The van der Waals surface area contributed by atoms with Crippen molar-refractivity contribution in [2.24, 2.45) is 0 Å². The molecule has 1 N–H and O–H groups in total.